The number of H-pyrrole nitrogens is 1. The van der Waals surface area contributed by atoms with Crippen molar-refractivity contribution < 1.29 is 0 Å². The van der Waals surface area contributed by atoms with E-state index in [0.29, 0.717) is 0 Å². The molecule has 1 unspecified atom stereocenters. The summed E-state index contributed by atoms with van der Waals surface area (Å²) in [5, 5.41) is 11.9. The molecule has 136 valence electrons. The van der Waals surface area contributed by atoms with Crippen LogP contribution in [0.1, 0.15) is 24.1 Å². The number of benzene rings is 1. The van der Waals surface area contributed by atoms with E-state index in [4.69, 9.17) is 0 Å². The van der Waals surface area contributed by atoms with Crippen LogP contribution in [0.5, 0.6) is 0 Å². The van der Waals surface area contributed by atoms with E-state index in [1.54, 1.807) is 0 Å². The highest BCUT2D eigenvalue weighted by atomic mass is 15.3. The Labute approximate surface area is 154 Å². The minimum atomic E-state index is 0.267. The summed E-state index contributed by atoms with van der Waals surface area (Å²) in [6.45, 7) is 7.29. The summed E-state index contributed by atoms with van der Waals surface area (Å²) >= 11 is 0. The molecule has 1 aliphatic rings. The average molecular weight is 350 g/mol. The van der Waals surface area contributed by atoms with Gasteiger partial charge in [0, 0.05) is 50.3 Å². The van der Waals surface area contributed by atoms with Crippen LogP contribution in [0.15, 0.2) is 42.7 Å². The maximum Gasteiger partial charge on any atom is 0.128 e. The number of piperazine rings is 1. The molecule has 26 heavy (non-hydrogen) atoms. The SMILES string of the molecule is CC(NCc1ccnc(N2CCN(C)CC2)c1)c1ccc2cn[nH]c2c1. The highest BCUT2D eigenvalue weighted by Crippen LogP contribution is 2.20. The van der Waals surface area contributed by atoms with Crippen molar-refractivity contribution in [2.45, 2.75) is 19.5 Å². The number of aromatic nitrogens is 3. The van der Waals surface area contributed by atoms with E-state index in [-0.39, 0.29) is 6.04 Å². The van der Waals surface area contributed by atoms with Crippen LogP contribution in [-0.4, -0.2) is 53.3 Å². The molecular weight excluding hydrogens is 324 g/mol. The summed E-state index contributed by atoms with van der Waals surface area (Å²) in [6.07, 6.45) is 3.78. The third-order valence-corrected chi connectivity index (χ3v) is 5.22. The second-order valence-electron chi connectivity index (χ2n) is 7.13. The Kier molecular flexibility index (Phi) is 4.86. The molecule has 0 radical (unpaired) electrons. The summed E-state index contributed by atoms with van der Waals surface area (Å²) in [5.74, 6) is 1.09. The van der Waals surface area contributed by atoms with Gasteiger partial charge in [0.2, 0.25) is 0 Å². The molecule has 1 fully saturated rings. The first-order valence-electron chi connectivity index (χ1n) is 9.24. The van der Waals surface area contributed by atoms with Crippen LogP contribution in [-0.2, 0) is 6.54 Å². The van der Waals surface area contributed by atoms with Crippen LogP contribution < -0.4 is 10.2 Å². The van der Waals surface area contributed by atoms with E-state index >= 15 is 0 Å². The first kappa shape index (κ1) is 17.0. The van der Waals surface area contributed by atoms with E-state index in [1.807, 2.05) is 12.4 Å². The summed E-state index contributed by atoms with van der Waals surface area (Å²) in [4.78, 5) is 9.31. The number of fused-ring (bicyclic) bond motifs is 1. The van der Waals surface area contributed by atoms with Crippen molar-refractivity contribution in [2.75, 3.05) is 38.1 Å². The molecule has 0 spiro atoms. The normalized spacial score (nSPS) is 16.9. The minimum Gasteiger partial charge on any atom is -0.354 e. The first-order valence-corrected chi connectivity index (χ1v) is 9.24. The van der Waals surface area contributed by atoms with E-state index < -0.39 is 0 Å². The fourth-order valence-corrected chi connectivity index (χ4v) is 3.39. The third-order valence-electron chi connectivity index (χ3n) is 5.22. The number of rotatable bonds is 5. The Morgan fingerprint density at radius 3 is 2.85 bits per heavy atom. The Hall–Kier alpha value is -2.44. The Morgan fingerprint density at radius 2 is 2.00 bits per heavy atom. The van der Waals surface area contributed by atoms with Gasteiger partial charge >= 0.3 is 0 Å². The maximum absolute atomic E-state index is 4.57. The van der Waals surface area contributed by atoms with E-state index in [2.05, 4.69) is 74.6 Å². The van der Waals surface area contributed by atoms with Gasteiger partial charge in [-0.2, -0.15) is 5.10 Å². The van der Waals surface area contributed by atoms with Crippen molar-refractivity contribution >= 4 is 16.7 Å². The van der Waals surface area contributed by atoms with Crippen molar-refractivity contribution in [3.8, 4) is 0 Å². The Morgan fingerprint density at radius 1 is 1.15 bits per heavy atom. The molecule has 0 saturated carbocycles. The van der Waals surface area contributed by atoms with Gasteiger partial charge in [-0.25, -0.2) is 4.98 Å². The summed E-state index contributed by atoms with van der Waals surface area (Å²) in [5.41, 5.74) is 3.61. The van der Waals surface area contributed by atoms with E-state index in [1.165, 1.54) is 11.1 Å². The molecule has 0 aliphatic carbocycles. The number of pyridine rings is 1. The fraction of sp³-hybridized carbons (Fsp3) is 0.400. The smallest absolute Gasteiger partial charge is 0.128 e. The quantitative estimate of drug-likeness (QED) is 0.741. The molecule has 2 N–H and O–H groups in total. The number of nitrogens with zero attached hydrogens (tertiary/aromatic N) is 4. The predicted molar refractivity (Wildman–Crippen MR) is 105 cm³/mol. The van der Waals surface area contributed by atoms with Gasteiger partial charge in [-0.05, 0) is 43.3 Å². The largest absolute Gasteiger partial charge is 0.354 e. The number of hydrogen-bond donors (Lipinski definition) is 2. The Bertz CT molecular complexity index is 865. The van der Waals surface area contributed by atoms with Crippen LogP contribution in [0.25, 0.3) is 10.9 Å². The number of hydrogen-bond acceptors (Lipinski definition) is 5. The zero-order chi connectivity index (χ0) is 17.9. The fourth-order valence-electron chi connectivity index (χ4n) is 3.39. The van der Waals surface area contributed by atoms with Crippen molar-refractivity contribution in [1.29, 1.82) is 0 Å². The van der Waals surface area contributed by atoms with Gasteiger partial charge in [0.15, 0.2) is 0 Å². The zero-order valence-corrected chi connectivity index (χ0v) is 15.4. The summed E-state index contributed by atoms with van der Waals surface area (Å²) < 4.78 is 0. The number of nitrogens with one attached hydrogen (secondary N) is 2. The van der Waals surface area contributed by atoms with Crippen LogP contribution >= 0.6 is 0 Å². The molecule has 1 aromatic carbocycles. The van der Waals surface area contributed by atoms with E-state index in [0.717, 1.165) is 49.4 Å². The number of aromatic amines is 1. The van der Waals surface area contributed by atoms with Gasteiger partial charge in [-0.15, -0.1) is 0 Å². The van der Waals surface area contributed by atoms with Crippen LogP contribution in [0.3, 0.4) is 0 Å². The van der Waals surface area contributed by atoms with Crippen molar-refractivity contribution in [1.82, 2.24) is 25.4 Å². The molecule has 6 heteroatoms. The lowest BCUT2D eigenvalue weighted by Crippen LogP contribution is -2.44. The highest BCUT2D eigenvalue weighted by molar-refractivity contribution is 5.78. The molecule has 3 aromatic rings. The van der Waals surface area contributed by atoms with Crippen molar-refractivity contribution in [3.63, 3.8) is 0 Å². The molecule has 2 aromatic heterocycles. The molecule has 0 bridgehead atoms. The summed E-state index contributed by atoms with van der Waals surface area (Å²) in [7, 11) is 2.17. The molecule has 0 amide bonds. The first-order chi connectivity index (χ1) is 12.7. The van der Waals surface area contributed by atoms with Crippen LogP contribution in [0, 0.1) is 0 Å². The van der Waals surface area contributed by atoms with Gasteiger partial charge in [0.05, 0.1) is 11.7 Å². The monoisotopic (exact) mass is 350 g/mol. The topological polar surface area (TPSA) is 60.1 Å². The van der Waals surface area contributed by atoms with Gasteiger partial charge in [-0.3, -0.25) is 5.10 Å². The van der Waals surface area contributed by atoms with Crippen LogP contribution in [0.2, 0.25) is 0 Å². The molecule has 3 heterocycles. The highest BCUT2D eigenvalue weighted by Gasteiger charge is 2.15. The predicted octanol–water partition coefficient (Wildman–Crippen LogP) is 2.56. The Balaban J connectivity index is 1.40. The average Bonchev–Trinajstić information content (AvgIpc) is 3.15. The van der Waals surface area contributed by atoms with Crippen molar-refractivity contribution in [2.24, 2.45) is 0 Å². The number of likely N-dealkylation sites (N-methyl/N-ethyl adjacent to an activating group) is 1. The maximum atomic E-state index is 4.57. The molecular formula is C20H26N6. The van der Waals surface area contributed by atoms with Gasteiger partial charge in [0.25, 0.3) is 0 Å². The van der Waals surface area contributed by atoms with Gasteiger partial charge in [0.1, 0.15) is 5.82 Å². The lowest BCUT2D eigenvalue weighted by atomic mass is 10.1. The van der Waals surface area contributed by atoms with Gasteiger partial charge < -0.3 is 15.1 Å². The lowest BCUT2D eigenvalue weighted by molar-refractivity contribution is 0.312. The minimum absolute atomic E-state index is 0.267. The van der Waals surface area contributed by atoms with Gasteiger partial charge in [-0.1, -0.05) is 12.1 Å². The van der Waals surface area contributed by atoms with Crippen molar-refractivity contribution in [3.05, 3.63) is 53.9 Å². The molecule has 1 aliphatic heterocycles. The molecule has 6 nitrogen and oxygen atoms in total. The molecule has 1 atom stereocenters. The molecule has 1 saturated heterocycles. The second kappa shape index (κ2) is 7.43. The zero-order valence-electron chi connectivity index (χ0n) is 15.4. The standard InChI is InChI=1S/C20H26N6/c1-15(17-3-4-18-14-23-24-19(18)12-17)22-13-16-5-6-21-20(11-16)26-9-7-25(2)8-10-26/h3-6,11-12,14-15,22H,7-10,13H2,1-2H3,(H,23,24). The van der Waals surface area contributed by atoms with Crippen LogP contribution in [0.4, 0.5) is 5.82 Å². The lowest BCUT2D eigenvalue weighted by Gasteiger charge is -2.33. The van der Waals surface area contributed by atoms with E-state index in [9.17, 15) is 0 Å². The molecule has 4 rings (SSSR count). The number of anilines is 1. The third kappa shape index (κ3) is 3.71. The summed E-state index contributed by atoms with van der Waals surface area (Å²) in [6, 6.07) is 11.0. The second-order valence-corrected chi connectivity index (χ2v) is 7.13.